The summed E-state index contributed by atoms with van der Waals surface area (Å²) >= 11 is 0. The van der Waals surface area contributed by atoms with Crippen molar-refractivity contribution in [2.45, 2.75) is 32.2 Å². The van der Waals surface area contributed by atoms with Crippen LogP contribution in [-0.4, -0.2) is 23.6 Å². The number of pyridine rings is 1. The first-order chi connectivity index (χ1) is 12.8. The van der Waals surface area contributed by atoms with E-state index < -0.39 is 10.0 Å². The second kappa shape index (κ2) is 7.71. The van der Waals surface area contributed by atoms with Gasteiger partial charge in [-0.2, -0.15) is 0 Å². The lowest BCUT2D eigenvalue weighted by Crippen LogP contribution is -2.17. The van der Waals surface area contributed by atoms with E-state index >= 15 is 0 Å². The molecule has 1 aromatic carbocycles. The molecule has 3 rings (SSSR count). The quantitative estimate of drug-likeness (QED) is 0.678. The molecule has 27 heavy (non-hydrogen) atoms. The van der Waals surface area contributed by atoms with Gasteiger partial charge >= 0.3 is 0 Å². The average Bonchev–Trinajstić information content (AvgIpc) is 2.60. The van der Waals surface area contributed by atoms with Crippen molar-refractivity contribution in [3.05, 3.63) is 71.0 Å². The molecule has 2 heterocycles. The normalized spacial score (nSPS) is 11.2. The maximum Gasteiger partial charge on any atom is 0.263 e. The number of aromatic nitrogens is 3. The summed E-state index contributed by atoms with van der Waals surface area (Å²) < 4.78 is 28.0. The van der Waals surface area contributed by atoms with Gasteiger partial charge < -0.3 is 5.32 Å². The first kappa shape index (κ1) is 18.8. The third-order valence-electron chi connectivity index (χ3n) is 3.97. The maximum absolute atomic E-state index is 12.7. The first-order valence-electron chi connectivity index (χ1n) is 8.42. The van der Waals surface area contributed by atoms with E-state index in [4.69, 9.17) is 0 Å². The van der Waals surface area contributed by atoms with E-state index in [0.29, 0.717) is 23.5 Å². The van der Waals surface area contributed by atoms with Crippen molar-refractivity contribution >= 4 is 21.7 Å². The van der Waals surface area contributed by atoms with Crippen LogP contribution in [0.25, 0.3) is 0 Å². The summed E-state index contributed by atoms with van der Waals surface area (Å²) in [6.07, 6.45) is 3.47. The van der Waals surface area contributed by atoms with E-state index in [-0.39, 0.29) is 10.7 Å². The topological polar surface area (TPSA) is 96.9 Å². The molecule has 140 valence electrons. The molecule has 0 fully saturated rings. The molecule has 0 aliphatic rings. The molecule has 2 N–H and O–H groups in total. The molecule has 0 bridgehead atoms. The van der Waals surface area contributed by atoms with Crippen molar-refractivity contribution in [1.29, 1.82) is 0 Å². The van der Waals surface area contributed by atoms with Crippen molar-refractivity contribution in [3.63, 3.8) is 0 Å². The highest BCUT2D eigenvalue weighted by Crippen LogP contribution is 2.23. The van der Waals surface area contributed by atoms with Crippen molar-refractivity contribution in [2.24, 2.45) is 0 Å². The zero-order valence-corrected chi connectivity index (χ0v) is 16.2. The van der Waals surface area contributed by atoms with Crippen LogP contribution in [0.2, 0.25) is 0 Å². The SMILES string of the molecule is Cc1cc(C)c(S(=O)(=O)Nc2ccc(NCc3cccnc3)nn2)c(C)c1. The fourth-order valence-electron chi connectivity index (χ4n) is 2.96. The minimum absolute atomic E-state index is 0.168. The molecule has 0 aliphatic carbocycles. The standard InChI is InChI=1S/C19H21N5O2S/c1-13-9-14(2)19(15(3)10-13)27(25,26)24-18-7-6-17(22-23-18)21-12-16-5-4-8-20-11-16/h4-11H,12H2,1-3H3,(H,21,22)(H,23,24). The number of nitrogens with one attached hydrogen (secondary N) is 2. The molecule has 0 unspecified atom stereocenters. The van der Waals surface area contributed by atoms with Gasteiger partial charge in [0, 0.05) is 18.9 Å². The van der Waals surface area contributed by atoms with Crippen LogP contribution in [0.15, 0.2) is 53.7 Å². The lowest BCUT2D eigenvalue weighted by Gasteiger charge is -2.13. The summed E-state index contributed by atoms with van der Waals surface area (Å²) in [6, 6.07) is 10.8. The van der Waals surface area contributed by atoms with Crippen molar-refractivity contribution in [2.75, 3.05) is 10.0 Å². The van der Waals surface area contributed by atoms with Gasteiger partial charge in [-0.25, -0.2) is 8.42 Å². The Morgan fingerprint density at radius 2 is 1.63 bits per heavy atom. The summed E-state index contributed by atoms with van der Waals surface area (Å²) in [5, 5.41) is 11.1. The highest BCUT2D eigenvalue weighted by atomic mass is 32.2. The number of hydrogen-bond acceptors (Lipinski definition) is 6. The number of aryl methyl sites for hydroxylation is 3. The van der Waals surface area contributed by atoms with Gasteiger partial charge in [0.05, 0.1) is 4.90 Å². The zero-order chi connectivity index (χ0) is 19.4. The van der Waals surface area contributed by atoms with Gasteiger partial charge in [0.1, 0.15) is 5.82 Å². The van der Waals surface area contributed by atoms with Crippen molar-refractivity contribution in [3.8, 4) is 0 Å². The summed E-state index contributed by atoms with van der Waals surface area (Å²) in [4.78, 5) is 4.32. The summed E-state index contributed by atoms with van der Waals surface area (Å²) in [5.41, 5.74) is 3.42. The highest BCUT2D eigenvalue weighted by molar-refractivity contribution is 7.92. The molecule has 3 aromatic rings. The van der Waals surface area contributed by atoms with Gasteiger partial charge in [-0.15, -0.1) is 10.2 Å². The Labute approximate surface area is 158 Å². The highest BCUT2D eigenvalue weighted by Gasteiger charge is 2.20. The lowest BCUT2D eigenvalue weighted by atomic mass is 10.1. The van der Waals surface area contributed by atoms with E-state index in [2.05, 4.69) is 25.2 Å². The summed E-state index contributed by atoms with van der Waals surface area (Å²) in [5.74, 6) is 0.714. The molecular formula is C19H21N5O2S. The van der Waals surface area contributed by atoms with Gasteiger partial charge in [-0.1, -0.05) is 23.8 Å². The molecule has 0 radical (unpaired) electrons. The second-order valence-corrected chi connectivity index (χ2v) is 7.97. The number of benzene rings is 1. The lowest BCUT2D eigenvalue weighted by molar-refractivity contribution is 0.599. The number of anilines is 2. The van der Waals surface area contributed by atoms with Crippen LogP contribution in [0.3, 0.4) is 0 Å². The Hall–Kier alpha value is -3.00. The van der Waals surface area contributed by atoms with Crippen LogP contribution in [0.4, 0.5) is 11.6 Å². The summed E-state index contributed by atoms with van der Waals surface area (Å²) in [6.45, 7) is 6.05. The molecule has 7 nitrogen and oxygen atoms in total. The fraction of sp³-hybridized carbons (Fsp3) is 0.211. The van der Waals surface area contributed by atoms with Crippen molar-refractivity contribution in [1.82, 2.24) is 15.2 Å². The van der Waals surface area contributed by atoms with Gasteiger partial charge in [-0.05, 0) is 55.7 Å². The minimum atomic E-state index is -3.74. The number of sulfonamides is 1. The number of hydrogen-bond donors (Lipinski definition) is 2. The smallest absolute Gasteiger partial charge is 0.263 e. The molecule has 0 spiro atoms. The zero-order valence-electron chi connectivity index (χ0n) is 15.4. The van der Waals surface area contributed by atoms with Gasteiger partial charge in [0.25, 0.3) is 10.0 Å². The van der Waals surface area contributed by atoms with E-state index in [1.54, 1.807) is 38.4 Å². The average molecular weight is 383 g/mol. The minimum Gasteiger partial charge on any atom is -0.364 e. The Balaban J connectivity index is 1.72. The molecule has 0 saturated carbocycles. The number of nitrogens with zero attached hydrogens (tertiary/aromatic N) is 3. The Bertz CT molecular complexity index is 1010. The van der Waals surface area contributed by atoms with Crippen LogP contribution in [0.5, 0.6) is 0 Å². The van der Waals surface area contributed by atoms with E-state index in [1.807, 2.05) is 31.2 Å². The predicted octanol–water partition coefficient (Wildman–Crippen LogP) is 3.21. The fourth-order valence-corrected chi connectivity index (χ4v) is 4.41. The van der Waals surface area contributed by atoms with Crippen LogP contribution >= 0.6 is 0 Å². The maximum atomic E-state index is 12.7. The van der Waals surface area contributed by atoms with E-state index in [0.717, 1.165) is 11.1 Å². The molecule has 0 aliphatic heterocycles. The Kier molecular flexibility index (Phi) is 5.36. The van der Waals surface area contributed by atoms with Crippen molar-refractivity contribution < 1.29 is 8.42 Å². The monoisotopic (exact) mass is 383 g/mol. The van der Waals surface area contributed by atoms with Crippen LogP contribution < -0.4 is 10.0 Å². The molecule has 0 atom stereocenters. The second-order valence-electron chi connectivity index (χ2n) is 6.35. The summed E-state index contributed by atoms with van der Waals surface area (Å²) in [7, 11) is -3.74. The number of rotatable bonds is 6. The Morgan fingerprint density at radius 1 is 0.963 bits per heavy atom. The largest absolute Gasteiger partial charge is 0.364 e. The van der Waals surface area contributed by atoms with Crippen LogP contribution in [0, 0.1) is 20.8 Å². The Morgan fingerprint density at radius 3 is 2.22 bits per heavy atom. The third-order valence-corrected chi connectivity index (χ3v) is 5.63. The van der Waals surface area contributed by atoms with E-state index in [1.165, 1.54) is 0 Å². The predicted molar refractivity (Wildman–Crippen MR) is 105 cm³/mol. The molecular weight excluding hydrogens is 362 g/mol. The van der Waals surface area contributed by atoms with Gasteiger partial charge in [0.15, 0.2) is 5.82 Å². The van der Waals surface area contributed by atoms with Crippen LogP contribution in [0.1, 0.15) is 22.3 Å². The van der Waals surface area contributed by atoms with Gasteiger partial charge in [0.2, 0.25) is 0 Å². The van der Waals surface area contributed by atoms with Crippen LogP contribution in [-0.2, 0) is 16.6 Å². The molecule has 2 aromatic heterocycles. The van der Waals surface area contributed by atoms with Gasteiger partial charge in [-0.3, -0.25) is 9.71 Å². The third kappa shape index (κ3) is 4.59. The molecule has 8 heteroatoms. The first-order valence-corrected chi connectivity index (χ1v) is 9.90. The van der Waals surface area contributed by atoms with E-state index in [9.17, 15) is 8.42 Å². The molecule has 0 saturated heterocycles. The molecule has 0 amide bonds.